The van der Waals surface area contributed by atoms with Crippen LogP contribution < -0.4 is 4.74 Å². The van der Waals surface area contributed by atoms with E-state index in [1.807, 2.05) is 0 Å². The zero-order chi connectivity index (χ0) is 17.8. The highest BCUT2D eigenvalue weighted by atomic mass is 35.5. The fraction of sp³-hybridized carbons (Fsp3) is 0.471. The monoisotopic (exact) mass is 384 g/mol. The van der Waals surface area contributed by atoms with Crippen molar-refractivity contribution >= 4 is 21.4 Å². The van der Waals surface area contributed by atoms with E-state index >= 15 is 0 Å². The Hall–Kier alpha value is -1.60. The van der Waals surface area contributed by atoms with Gasteiger partial charge in [0.1, 0.15) is 23.1 Å². The summed E-state index contributed by atoms with van der Waals surface area (Å²) in [6.45, 7) is 0. The van der Waals surface area contributed by atoms with Crippen LogP contribution in [0.3, 0.4) is 0 Å². The topological polar surface area (TPSA) is 61.2 Å². The molecule has 0 bridgehead atoms. The smallest absolute Gasteiger partial charge is 0.172 e. The molecule has 2 aliphatic carbocycles. The van der Waals surface area contributed by atoms with Gasteiger partial charge in [0.2, 0.25) is 0 Å². The summed E-state index contributed by atoms with van der Waals surface area (Å²) >= 11 is 5.73. The first-order valence-corrected chi connectivity index (χ1v) is 10.7. The van der Waals surface area contributed by atoms with E-state index in [2.05, 4.69) is 5.10 Å². The molecule has 0 atom stereocenters. The van der Waals surface area contributed by atoms with E-state index in [4.69, 9.17) is 16.3 Å². The Morgan fingerprint density at radius 1 is 1.28 bits per heavy atom. The lowest BCUT2D eigenvalue weighted by molar-refractivity contribution is 0.463. The summed E-state index contributed by atoms with van der Waals surface area (Å²) in [5.74, 6) is 0.736. The molecule has 8 heteroatoms. The number of ether oxygens (including phenoxy) is 1. The van der Waals surface area contributed by atoms with E-state index in [1.54, 1.807) is 10.7 Å². The molecule has 4 rings (SSSR count). The standard InChI is InChI=1S/C17H18ClFN2O3S/c1-25(22,23)9-21-16(11-4-5-11)17(15(20-21)10-2-3-10)24-12-6-7-13(18)14(19)8-12/h6-8,10-11H,2-5,9H2,1H3. The molecule has 0 radical (unpaired) electrons. The van der Waals surface area contributed by atoms with Crippen LogP contribution >= 0.6 is 11.6 Å². The molecule has 25 heavy (non-hydrogen) atoms. The number of benzene rings is 1. The summed E-state index contributed by atoms with van der Waals surface area (Å²) in [7, 11) is -3.23. The highest BCUT2D eigenvalue weighted by Crippen LogP contribution is 2.52. The quantitative estimate of drug-likeness (QED) is 0.747. The number of hydrogen-bond acceptors (Lipinski definition) is 4. The van der Waals surface area contributed by atoms with Gasteiger partial charge in [0.25, 0.3) is 0 Å². The van der Waals surface area contributed by atoms with Gasteiger partial charge in [0.15, 0.2) is 15.6 Å². The predicted molar refractivity (Wildman–Crippen MR) is 92.5 cm³/mol. The van der Waals surface area contributed by atoms with Crippen LogP contribution in [-0.4, -0.2) is 24.5 Å². The molecule has 0 amide bonds. The Kier molecular flexibility index (Phi) is 4.03. The molecule has 2 aromatic rings. The van der Waals surface area contributed by atoms with Gasteiger partial charge in [-0.25, -0.2) is 17.5 Å². The average Bonchev–Trinajstić information content (AvgIpc) is 3.41. The second-order valence-corrected chi connectivity index (χ2v) is 9.40. The molecule has 0 spiro atoms. The van der Waals surface area contributed by atoms with Gasteiger partial charge in [0, 0.05) is 24.2 Å². The largest absolute Gasteiger partial charge is 0.453 e. The number of halogens is 2. The molecule has 1 aromatic heterocycles. The van der Waals surface area contributed by atoms with E-state index in [1.165, 1.54) is 18.4 Å². The summed E-state index contributed by atoms with van der Waals surface area (Å²) in [5.41, 5.74) is 1.59. The maximum atomic E-state index is 13.7. The molecular weight excluding hydrogens is 367 g/mol. The summed E-state index contributed by atoms with van der Waals surface area (Å²) < 4.78 is 44.8. The number of nitrogens with zero attached hydrogens (tertiary/aromatic N) is 2. The molecule has 0 saturated heterocycles. The third-order valence-electron chi connectivity index (χ3n) is 4.37. The maximum absolute atomic E-state index is 13.7. The van der Waals surface area contributed by atoms with E-state index in [0.29, 0.717) is 11.5 Å². The Morgan fingerprint density at radius 3 is 2.52 bits per heavy atom. The normalized spacial score (nSPS) is 17.7. The van der Waals surface area contributed by atoms with Crippen LogP contribution in [0.15, 0.2) is 18.2 Å². The molecule has 2 fully saturated rings. The molecule has 0 N–H and O–H groups in total. The van der Waals surface area contributed by atoms with Crippen molar-refractivity contribution in [3.63, 3.8) is 0 Å². The highest BCUT2D eigenvalue weighted by molar-refractivity contribution is 7.89. The van der Waals surface area contributed by atoms with Crippen LogP contribution in [0, 0.1) is 5.82 Å². The van der Waals surface area contributed by atoms with Crippen LogP contribution in [0.25, 0.3) is 0 Å². The molecule has 2 saturated carbocycles. The third-order valence-corrected chi connectivity index (χ3v) is 5.39. The Bertz CT molecular complexity index is 934. The van der Waals surface area contributed by atoms with Gasteiger partial charge >= 0.3 is 0 Å². The summed E-state index contributed by atoms with van der Waals surface area (Å²) in [5, 5.41) is 4.58. The Balaban J connectivity index is 1.77. The van der Waals surface area contributed by atoms with Crippen LogP contribution in [0.5, 0.6) is 11.5 Å². The molecule has 0 unspecified atom stereocenters. The number of rotatable bonds is 6. The lowest BCUT2D eigenvalue weighted by atomic mass is 10.2. The fourth-order valence-electron chi connectivity index (χ4n) is 2.94. The second-order valence-electron chi connectivity index (χ2n) is 6.88. The average molecular weight is 385 g/mol. The predicted octanol–water partition coefficient (Wildman–Crippen LogP) is 4.22. The number of aromatic nitrogens is 2. The van der Waals surface area contributed by atoms with Crippen LogP contribution in [0.1, 0.15) is 48.9 Å². The van der Waals surface area contributed by atoms with Crippen molar-refractivity contribution in [1.82, 2.24) is 9.78 Å². The Morgan fingerprint density at radius 2 is 1.96 bits per heavy atom. The zero-order valence-corrected chi connectivity index (χ0v) is 15.3. The first-order chi connectivity index (χ1) is 11.8. The van der Waals surface area contributed by atoms with Crippen molar-refractivity contribution < 1.29 is 17.5 Å². The fourth-order valence-corrected chi connectivity index (χ4v) is 3.70. The van der Waals surface area contributed by atoms with Gasteiger partial charge in [-0.15, -0.1) is 0 Å². The van der Waals surface area contributed by atoms with Crippen molar-refractivity contribution in [2.24, 2.45) is 0 Å². The minimum absolute atomic E-state index is 0.0324. The molecule has 2 aliphatic rings. The van der Waals surface area contributed by atoms with E-state index < -0.39 is 15.7 Å². The SMILES string of the molecule is CS(=O)(=O)Cn1nc(C2CC2)c(Oc2ccc(Cl)c(F)c2)c1C1CC1. The van der Waals surface area contributed by atoms with Crippen molar-refractivity contribution in [1.29, 1.82) is 0 Å². The van der Waals surface area contributed by atoms with Crippen LogP contribution in [0.4, 0.5) is 4.39 Å². The second kappa shape index (κ2) is 5.99. The third kappa shape index (κ3) is 3.67. The van der Waals surface area contributed by atoms with Crippen LogP contribution in [-0.2, 0) is 15.7 Å². The van der Waals surface area contributed by atoms with Crippen molar-refractivity contribution in [2.75, 3.05) is 6.26 Å². The van der Waals surface area contributed by atoms with E-state index in [9.17, 15) is 12.8 Å². The van der Waals surface area contributed by atoms with Gasteiger partial charge in [-0.2, -0.15) is 5.10 Å². The number of hydrogen-bond donors (Lipinski definition) is 0. The van der Waals surface area contributed by atoms with Crippen LogP contribution in [0.2, 0.25) is 5.02 Å². The molecule has 1 heterocycles. The van der Waals surface area contributed by atoms with Gasteiger partial charge in [-0.1, -0.05) is 11.6 Å². The van der Waals surface area contributed by atoms with Gasteiger partial charge in [-0.05, 0) is 37.8 Å². The highest BCUT2D eigenvalue weighted by Gasteiger charge is 2.39. The molecule has 134 valence electrons. The minimum Gasteiger partial charge on any atom is -0.453 e. The maximum Gasteiger partial charge on any atom is 0.172 e. The lowest BCUT2D eigenvalue weighted by Gasteiger charge is -2.10. The number of sulfone groups is 1. The molecule has 5 nitrogen and oxygen atoms in total. The summed E-state index contributed by atoms with van der Waals surface area (Å²) in [6.07, 6.45) is 5.16. The van der Waals surface area contributed by atoms with Crippen molar-refractivity contribution in [3.05, 3.63) is 40.4 Å². The molecule has 1 aromatic carbocycles. The van der Waals surface area contributed by atoms with Gasteiger partial charge in [-0.3, -0.25) is 0 Å². The Labute approximate surface area is 150 Å². The first-order valence-electron chi connectivity index (χ1n) is 8.23. The summed E-state index contributed by atoms with van der Waals surface area (Å²) in [6, 6.07) is 4.29. The van der Waals surface area contributed by atoms with Crippen molar-refractivity contribution in [3.8, 4) is 11.5 Å². The minimum atomic E-state index is -3.23. The van der Waals surface area contributed by atoms with E-state index in [0.717, 1.165) is 37.1 Å². The summed E-state index contributed by atoms with van der Waals surface area (Å²) in [4.78, 5) is 0. The van der Waals surface area contributed by atoms with Gasteiger partial charge < -0.3 is 4.74 Å². The van der Waals surface area contributed by atoms with Gasteiger partial charge in [0.05, 0.1) is 10.7 Å². The van der Waals surface area contributed by atoms with E-state index in [-0.39, 0.29) is 22.7 Å². The zero-order valence-electron chi connectivity index (χ0n) is 13.7. The van der Waals surface area contributed by atoms with Crippen molar-refractivity contribution in [2.45, 2.75) is 43.4 Å². The molecular formula is C17H18ClFN2O3S. The lowest BCUT2D eigenvalue weighted by Crippen LogP contribution is -2.13. The molecule has 0 aliphatic heterocycles. The first kappa shape index (κ1) is 16.8.